The van der Waals surface area contributed by atoms with E-state index in [0.29, 0.717) is 44.2 Å². The Labute approximate surface area is 197 Å². The molecule has 1 unspecified atom stereocenters. The summed E-state index contributed by atoms with van der Waals surface area (Å²) in [6.07, 6.45) is 0. The Morgan fingerprint density at radius 1 is 1.09 bits per heavy atom. The van der Waals surface area contributed by atoms with E-state index in [1.165, 1.54) is 0 Å². The van der Waals surface area contributed by atoms with Crippen molar-refractivity contribution in [2.75, 3.05) is 33.4 Å². The van der Waals surface area contributed by atoms with E-state index >= 15 is 0 Å². The van der Waals surface area contributed by atoms with Crippen LogP contribution in [0.1, 0.15) is 34.1 Å². The molecule has 176 valence electrons. The van der Waals surface area contributed by atoms with Gasteiger partial charge in [0.1, 0.15) is 11.8 Å². The smallest absolute Gasteiger partial charge is 0.253 e. The number of pyridine rings is 1. The molecule has 9 nitrogen and oxygen atoms in total. The van der Waals surface area contributed by atoms with Crippen LogP contribution in [0.3, 0.4) is 0 Å². The van der Waals surface area contributed by atoms with E-state index in [0.717, 1.165) is 33.3 Å². The molecule has 1 atom stereocenters. The van der Waals surface area contributed by atoms with Crippen molar-refractivity contribution in [1.82, 2.24) is 30.1 Å². The van der Waals surface area contributed by atoms with E-state index in [2.05, 4.69) is 38.4 Å². The van der Waals surface area contributed by atoms with Crippen LogP contribution in [0.5, 0.6) is 5.75 Å². The third-order valence-corrected chi connectivity index (χ3v) is 6.47. The minimum absolute atomic E-state index is 0.128. The van der Waals surface area contributed by atoms with Crippen LogP contribution < -0.4 is 10.3 Å². The number of rotatable bonds is 6. The molecule has 0 radical (unpaired) electrons. The summed E-state index contributed by atoms with van der Waals surface area (Å²) in [5.41, 5.74) is 4.56. The van der Waals surface area contributed by atoms with Gasteiger partial charge in [0.2, 0.25) is 0 Å². The summed E-state index contributed by atoms with van der Waals surface area (Å²) >= 11 is 0. The van der Waals surface area contributed by atoms with Crippen LogP contribution in [0, 0.1) is 13.8 Å². The highest BCUT2D eigenvalue weighted by atomic mass is 16.5. The van der Waals surface area contributed by atoms with Crippen LogP contribution in [0.2, 0.25) is 0 Å². The average molecular weight is 461 g/mol. The van der Waals surface area contributed by atoms with Gasteiger partial charge in [-0.25, -0.2) is 4.68 Å². The fraction of sp³-hybridized carbons (Fsp3) is 0.360. The van der Waals surface area contributed by atoms with Crippen LogP contribution in [-0.2, 0) is 11.3 Å². The van der Waals surface area contributed by atoms with E-state index < -0.39 is 6.04 Å². The standard InChI is InChI=1S/C25H28N6O3/c1-16-4-5-17(2)22-20(16)14-21(25(32)26-22)23(30-10-12-34-13-11-30)24-27-28-29-31(24)15-18-6-8-19(33-3)9-7-18/h4-9,14,23H,10-13,15H2,1-3H3,(H,26,32). The Morgan fingerprint density at radius 2 is 1.82 bits per heavy atom. The number of aromatic nitrogens is 5. The average Bonchev–Trinajstić information content (AvgIpc) is 3.31. The van der Waals surface area contributed by atoms with Crippen LogP contribution in [0.25, 0.3) is 10.9 Å². The second-order valence-corrected chi connectivity index (χ2v) is 8.64. The van der Waals surface area contributed by atoms with Crippen molar-refractivity contribution in [1.29, 1.82) is 0 Å². The highest BCUT2D eigenvalue weighted by molar-refractivity contribution is 5.85. The number of hydrogen-bond acceptors (Lipinski definition) is 7. The maximum Gasteiger partial charge on any atom is 0.253 e. The monoisotopic (exact) mass is 460 g/mol. The molecule has 5 rings (SSSR count). The van der Waals surface area contributed by atoms with Crippen molar-refractivity contribution < 1.29 is 9.47 Å². The molecule has 1 N–H and O–H groups in total. The van der Waals surface area contributed by atoms with Gasteiger partial charge >= 0.3 is 0 Å². The van der Waals surface area contributed by atoms with E-state index in [1.54, 1.807) is 11.8 Å². The zero-order valence-electron chi connectivity index (χ0n) is 19.6. The first-order chi connectivity index (χ1) is 16.5. The first kappa shape index (κ1) is 22.2. The summed E-state index contributed by atoms with van der Waals surface area (Å²) in [6, 6.07) is 13.5. The highest BCUT2D eigenvalue weighted by Gasteiger charge is 2.31. The summed E-state index contributed by atoms with van der Waals surface area (Å²) in [4.78, 5) is 18.8. The van der Waals surface area contributed by atoms with Crippen molar-refractivity contribution >= 4 is 10.9 Å². The van der Waals surface area contributed by atoms with Gasteiger partial charge in [-0.1, -0.05) is 24.3 Å². The van der Waals surface area contributed by atoms with Crippen molar-refractivity contribution in [3.8, 4) is 5.75 Å². The molecule has 34 heavy (non-hydrogen) atoms. The molecule has 2 aromatic carbocycles. The molecule has 2 aromatic heterocycles. The van der Waals surface area contributed by atoms with Gasteiger partial charge < -0.3 is 14.5 Å². The normalized spacial score (nSPS) is 15.5. The molecule has 1 fully saturated rings. The summed E-state index contributed by atoms with van der Waals surface area (Å²) in [6.45, 7) is 7.11. The third-order valence-electron chi connectivity index (χ3n) is 6.47. The van der Waals surface area contributed by atoms with Crippen LogP contribution in [-0.4, -0.2) is 63.5 Å². The second-order valence-electron chi connectivity index (χ2n) is 8.64. The minimum atomic E-state index is -0.398. The summed E-state index contributed by atoms with van der Waals surface area (Å²) < 4.78 is 12.6. The number of ether oxygens (including phenoxy) is 2. The number of H-pyrrole nitrogens is 1. The largest absolute Gasteiger partial charge is 0.497 e. The fourth-order valence-electron chi connectivity index (χ4n) is 4.55. The molecule has 0 saturated carbocycles. The van der Waals surface area contributed by atoms with Gasteiger partial charge in [-0.15, -0.1) is 5.10 Å². The van der Waals surface area contributed by atoms with Gasteiger partial charge in [0, 0.05) is 24.0 Å². The van der Waals surface area contributed by atoms with Crippen molar-refractivity contribution in [2.24, 2.45) is 0 Å². The number of morpholine rings is 1. The van der Waals surface area contributed by atoms with Gasteiger partial charge in [-0.3, -0.25) is 9.69 Å². The number of aryl methyl sites for hydroxylation is 2. The Morgan fingerprint density at radius 3 is 2.56 bits per heavy atom. The zero-order valence-corrected chi connectivity index (χ0v) is 19.6. The maximum absolute atomic E-state index is 13.4. The number of nitrogens with one attached hydrogen (secondary N) is 1. The SMILES string of the molecule is COc1ccc(Cn2nnnc2C(c2cc3c(C)ccc(C)c3[nH]c2=O)N2CCOCC2)cc1. The minimum Gasteiger partial charge on any atom is -0.497 e. The molecule has 0 amide bonds. The van der Waals surface area contributed by atoms with Gasteiger partial charge in [-0.2, -0.15) is 0 Å². The van der Waals surface area contributed by atoms with Crippen LogP contribution >= 0.6 is 0 Å². The van der Waals surface area contributed by atoms with Crippen molar-refractivity contribution in [3.63, 3.8) is 0 Å². The lowest BCUT2D eigenvalue weighted by Crippen LogP contribution is -2.42. The number of tetrazole rings is 1. The molecule has 0 spiro atoms. The number of benzene rings is 2. The first-order valence-corrected chi connectivity index (χ1v) is 11.4. The van der Waals surface area contributed by atoms with Crippen LogP contribution in [0.15, 0.2) is 47.3 Å². The molecule has 3 heterocycles. The van der Waals surface area contributed by atoms with Gasteiger partial charge in [0.05, 0.1) is 32.4 Å². The van der Waals surface area contributed by atoms with Crippen LogP contribution in [0.4, 0.5) is 0 Å². The number of fused-ring (bicyclic) bond motifs is 1. The molecule has 1 aliphatic rings. The van der Waals surface area contributed by atoms with Crippen molar-refractivity contribution in [3.05, 3.63) is 80.9 Å². The molecule has 9 heteroatoms. The molecule has 4 aromatic rings. The van der Waals surface area contributed by atoms with E-state index in [1.807, 2.05) is 43.3 Å². The molecule has 0 aliphatic carbocycles. The Hall–Kier alpha value is -3.56. The summed E-state index contributed by atoms with van der Waals surface area (Å²) in [5.74, 6) is 1.42. The molecular weight excluding hydrogens is 432 g/mol. The number of nitrogens with zero attached hydrogens (tertiary/aromatic N) is 5. The number of aromatic amines is 1. The summed E-state index contributed by atoms with van der Waals surface area (Å²) in [5, 5.41) is 13.7. The quantitative estimate of drug-likeness (QED) is 0.472. The first-order valence-electron chi connectivity index (χ1n) is 11.4. The topological polar surface area (TPSA) is 98.2 Å². The van der Waals surface area contributed by atoms with E-state index in [4.69, 9.17) is 9.47 Å². The van der Waals surface area contributed by atoms with Crippen molar-refractivity contribution in [2.45, 2.75) is 26.4 Å². The highest BCUT2D eigenvalue weighted by Crippen LogP contribution is 2.29. The zero-order chi connectivity index (χ0) is 23.7. The maximum atomic E-state index is 13.4. The molecule has 0 bridgehead atoms. The van der Waals surface area contributed by atoms with Gasteiger partial charge in [-0.05, 0) is 59.2 Å². The Kier molecular flexibility index (Phi) is 6.12. The lowest BCUT2D eigenvalue weighted by Gasteiger charge is -2.33. The lowest BCUT2D eigenvalue weighted by atomic mass is 9.99. The second kappa shape index (κ2) is 9.36. The third kappa shape index (κ3) is 4.20. The van der Waals surface area contributed by atoms with Gasteiger partial charge in [0.15, 0.2) is 5.82 Å². The fourth-order valence-corrected chi connectivity index (χ4v) is 4.55. The lowest BCUT2D eigenvalue weighted by molar-refractivity contribution is 0.0214. The molecule has 1 saturated heterocycles. The molecular formula is C25H28N6O3. The van der Waals surface area contributed by atoms with E-state index in [9.17, 15) is 4.79 Å². The molecule has 1 aliphatic heterocycles. The predicted molar refractivity (Wildman–Crippen MR) is 128 cm³/mol. The Balaban J connectivity index is 1.61. The summed E-state index contributed by atoms with van der Waals surface area (Å²) in [7, 11) is 1.64. The van der Waals surface area contributed by atoms with E-state index in [-0.39, 0.29) is 5.56 Å². The van der Waals surface area contributed by atoms with Gasteiger partial charge in [0.25, 0.3) is 5.56 Å². The number of hydrogen-bond donors (Lipinski definition) is 1. The predicted octanol–water partition coefficient (Wildman–Crippen LogP) is 2.61. The Bertz CT molecular complexity index is 1360. The number of methoxy groups -OCH3 is 1.